The quantitative estimate of drug-likeness (QED) is 0.614. The number of benzene rings is 1. The third-order valence-electron chi connectivity index (χ3n) is 4.13. The number of esters is 1. The summed E-state index contributed by atoms with van der Waals surface area (Å²) >= 11 is 0. The molecule has 1 heterocycles. The number of rotatable bonds is 8. The number of ether oxygens (including phenoxy) is 2. The molecule has 0 unspecified atom stereocenters. The molecule has 2 rings (SSSR count). The Balaban J connectivity index is 1.96. The average molecular weight is 399 g/mol. The molecule has 9 nitrogen and oxygen atoms in total. The molecular formula is C17H25N3O6S. The van der Waals surface area contributed by atoms with E-state index in [1.165, 1.54) is 13.2 Å². The molecule has 1 N–H and O–H groups in total. The molecule has 0 atom stereocenters. The van der Waals surface area contributed by atoms with E-state index in [9.17, 15) is 18.0 Å². The van der Waals surface area contributed by atoms with E-state index in [0.717, 1.165) is 23.7 Å². The van der Waals surface area contributed by atoms with E-state index in [1.54, 1.807) is 18.2 Å². The van der Waals surface area contributed by atoms with Crippen LogP contribution in [0.15, 0.2) is 24.3 Å². The zero-order valence-electron chi connectivity index (χ0n) is 15.5. The first-order valence-electron chi connectivity index (χ1n) is 8.53. The van der Waals surface area contributed by atoms with Crippen molar-refractivity contribution in [3.8, 4) is 0 Å². The van der Waals surface area contributed by atoms with Gasteiger partial charge in [-0.15, -0.1) is 0 Å². The standard InChI is InChI=1S/C17H25N3O6S/c1-25-17(22)14-4-3-5-15(12-14)18-16(21)13-20(27(2,23)24)7-6-19-8-10-26-11-9-19/h3-5,12H,6-11,13H2,1-2H3,(H,18,21). The molecule has 150 valence electrons. The first kappa shape index (κ1) is 21.3. The maximum absolute atomic E-state index is 12.3. The van der Waals surface area contributed by atoms with Crippen LogP contribution in [0.1, 0.15) is 10.4 Å². The highest BCUT2D eigenvalue weighted by Gasteiger charge is 2.22. The minimum atomic E-state index is -3.54. The van der Waals surface area contributed by atoms with E-state index in [2.05, 4.69) is 15.0 Å². The molecule has 1 aliphatic heterocycles. The molecule has 1 aromatic rings. The van der Waals surface area contributed by atoms with Crippen molar-refractivity contribution in [1.29, 1.82) is 0 Å². The smallest absolute Gasteiger partial charge is 0.337 e. The lowest BCUT2D eigenvalue weighted by atomic mass is 10.2. The van der Waals surface area contributed by atoms with Crippen molar-refractivity contribution in [2.24, 2.45) is 0 Å². The van der Waals surface area contributed by atoms with E-state index >= 15 is 0 Å². The molecule has 27 heavy (non-hydrogen) atoms. The number of carbonyl (C=O) groups is 2. The number of morpholine rings is 1. The van der Waals surface area contributed by atoms with Crippen LogP contribution in [0.25, 0.3) is 0 Å². The maximum atomic E-state index is 12.3. The van der Waals surface area contributed by atoms with E-state index < -0.39 is 21.9 Å². The Kier molecular flexibility index (Phi) is 7.72. The number of carbonyl (C=O) groups excluding carboxylic acids is 2. The first-order chi connectivity index (χ1) is 12.8. The molecule has 1 aromatic carbocycles. The maximum Gasteiger partial charge on any atom is 0.337 e. The van der Waals surface area contributed by atoms with Crippen LogP contribution in [-0.4, -0.2) is 88.8 Å². The summed E-state index contributed by atoms with van der Waals surface area (Å²) in [4.78, 5) is 26.0. The normalized spacial score (nSPS) is 15.5. The number of hydrogen-bond donors (Lipinski definition) is 1. The molecule has 1 fully saturated rings. The van der Waals surface area contributed by atoms with Gasteiger partial charge in [-0.2, -0.15) is 4.31 Å². The van der Waals surface area contributed by atoms with Gasteiger partial charge in [-0.25, -0.2) is 13.2 Å². The molecule has 0 saturated carbocycles. The van der Waals surface area contributed by atoms with Gasteiger partial charge in [0.15, 0.2) is 0 Å². The summed E-state index contributed by atoms with van der Waals surface area (Å²) < 4.78 is 35.1. The monoisotopic (exact) mass is 399 g/mol. The molecule has 1 amide bonds. The van der Waals surface area contributed by atoms with Gasteiger partial charge in [0, 0.05) is 31.9 Å². The van der Waals surface area contributed by atoms with Crippen molar-refractivity contribution < 1.29 is 27.5 Å². The number of anilines is 1. The SMILES string of the molecule is COC(=O)c1cccc(NC(=O)CN(CCN2CCOCC2)S(C)(=O)=O)c1. The topological polar surface area (TPSA) is 105 Å². The number of hydrogen-bond acceptors (Lipinski definition) is 7. The van der Waals surface area contributed by atoms with Gasteiger partial charge in [-0.1, -0.05) is 6.07 Å². The van der Waals surface area contributed by atoms with Crippen LogP contribution in [-0.2, 0) is 24.3 Å². The summed E-state index contributed by atoms with van der Waals surface area (Å²) in [5, 5.41) is 2.62. The van der Waals surface area contributed by atoms with Gasteiger partial charge in [0.25, 0.3) is 0 Å². The lowest BCUT2D eigenvalue weighted by Gasteiger charge is -2.29. The molecule has 0 aromatic heterocycles. The van der Waals surface area contributed by atoms with Crippen LogP contribution in [0.5, 0.6) is 0 Å². The van der Waals surface area contributed by atoms with Crippen molar-refractivity contribution in [3.63, 3.8) is 0 Å². The summed E-state index contributed by atoms with van der Waals surface area (Å²) in [6.45, 7) is 3.17. The van der Waals surface area contributed by atoms with Crippen molar-refractivity contribution in [3.05, 3.63) is 29.8 Å². The number of sulfonamides is 1. The molecule has 0 spiro atoms. The lowest BCUT2D eigenvalue weighted by Crippen LogP contribution is -2.45. The Labute approximate surface area is 159 Å². The highest BCUT2D eigenvalue weighted by molar-refractivity contribution is 7.88. The second-order valence-electron chi connectivity index (χ2n) is 6.17. The van der Waals surface area contributed by atoms with Crippen LogP contribution in [0.4, 0.5) is 5.69 Å². The lowest BCUT2D eigenvalue weighted by molar-refractivity contribution is -0.116. The van der Waals surface area contributed by atoms with Gasteiger partial charge in [0.1, 0.15) is 0 Å². The zero-order chi connectivity index (χ0) is 19.9. The largest absolute Gasteiger partial charge is 0.465 e. The minimum Gasteiger partial charge on any atom is -0.465 e. The number of nitrogens with zero attached hydrogens (tertiary/aromatic N) is 2. The Hall–Kier alpha value is -2.01. The van der Waals surface area contributed by atoms with E-state index in [-0.39, 0.29) is 13.1 Å². The minimum absolute atomic E-state index is 0.217. The van der Waals surface area contributed by atoms with Crippen LogP contribution in [0.3, 0.4) is 0 Å². The molecule has 0 radical (unpaired) electrons. The predicted octanol–water partition coefficient (Wildman–Crippen LogP) is 0.00550. The second kappa shape index (κ2) is 9.79. The third-order valence-corrected chi connectivity index (χ3v) is 5.38. The predicted molar refractivity (Wildman–Crippen MR) is 100 cm³/mol. The summed E-state index contributed by atoms with van der Waals surface area (Å²) in [7, 11) is -2.27. The molecule has 1 saturated heterocycles. The fourth-order valence-electron chi connectivity index (χ4n) is 2.64. The highest BCUT2D eigenvalue weighted by Crippen LogP contribution is 2.12. The highest BCUT2D eigenvalue weighted by atomic mass is 32.2. The van der Waals surface area contributed by atoms with Crippen LogP contribution < -0.4 is 5.32 Å². The zero-order valence-corrected chi connectivity index (χ0v) is 16.3. The summed E-state index contributed by atoms with van der Waals surface area (Å²) in [5.41, 5.74) is 0.687. The van der Waals surface area contributed by atoms with Crippen molar-refractivity contribution in [1.82, 2.24) is 9.21 Å². The summed E-state index contributed by atoms with van der Waals surface area (Å²) in [5.74, 6) is -1.00. The van der Waals surface area contributed by atoms with Gasteiger partial charge in [0.05, 0.1) is 38.7 Å². The number of nitrogens with one attached hydrogen (secondary N) is 1. The molecule has 10 heteroatoms. The van der Waals surface area contributed by atoms with Crippen molar-refractivity contribution >= 4 is 27.6 Å². The van der Waals surface area contributed by atoms with Crippen LogP contribution in [0.2, 0.25) is 0 Å². The fourth-order valence-corrected chi connectivity index (χ4v) is 3.41. The van der Waals surface area contributed by atoms with Crippen molar-refractivity contribution in [2.45, 2.75) is 0 Å². The summed E-state index contributed by atoms with van der Waals surface area (Å²) in [6, 6.07) is 6.26. The fraction of sp³-hybridized carbons (Fsp3) is 0.529. The molecule has 0 bridgehead atoms. The van der Waals surface area contributed by atoms with E-state index in [4.69, 9.17) is 4.74 Å². The van der Waals surface area contributed by atoms with Gasteiger partial charge < -0.3 is 14.8 Å². The van der Waals surface area contributed by atoms with Gasteiger partial charge in [0.2, 0.25) is 15.9 Å². The molecule has 1 aliphatic rings. The Bertz CT molecular complexity index is 762. The van der Waals surface area contributed by atoms with Crippen LogP contribution in [0, 0.1) is 0 Å². The molecule has 0 aliphatic carbocycles. The first-order valence-corrected chi connectivity index (χ1v) is 10.4. The summed E-state index contributed by atoms with van der Waals surface area (Å²) in [6.07, 6.45) is 1.08. The van der Waals surface area contributed by atoms with E-state index in [1.807, 2.05) is 0 Å². The second-order valence-corrected chi connectivity index (χ2v) is 8.15. The Morgan fingerprint density at radius 3 is 2.63 bits per heavy atom. The Morgan fingerprint density at radius 2 is 2.00 bits per heavy atom. The number of methoxy groups -OCH3 is 1. The molecular weight excluding hydrogens is 374 g/mol. The third kappa shape index (κ3) is 6.90. The van der Waals surface area contributed by atoms with Gasteiger partial charge in [-0.3, -0.25) is 9.69 Å². The van der Waals surface area contributed by atoms with E-state index in [0.29, 0.717) is 31.0 Å². The average Bonchev–Trinajstić information content (AvgIpc) is 2.64. The number of amides is 1. The Morgan fingerprint density at radius 1 is 1.30 bits per heavy atom. The van der Waals surface area contributed by atoms with Gasteiger partial charge in [-0.05, 0) is 18.2 Å². The van der Waals surface area contributed by atoms with Gasteiger partial charge >= 0.3 is 5.97 Å². The van der Waals surface area contributed by atoms with Crippen molar-refractivity contribution in [2.75, 3.05) is 64.6 Å². The van der Waals surface area contributed by atoms with Crippen LogP contribution >= 0.6 is 0 Å².